The van der Waals surface area contributed by atoms with Crippen LogP contribution in [0.4, 0.5) is 0 Å². The summed E-state index contributed by atoms with van der Waals surface area (Å²) in [5.41, 5.74) is 0.448. The molecule has 1 aromatic rings. The molecule has 0 radical (unpaired) electrons. The maximum atomic E-state index is 12.2. The minimum atomic E-state index is -0.817. The van der Waals surface area contributed by atoms with Gasteiger partial charge in [0.1, 0.15) is 0 Å². The van der Waals surface area contributed by atoms with Gasteiger partial charge in [-0.2, -0.15) is 0 Å². The van der Waals surface area contributed by atoms with Crippen LogP contribution in [0.5, 0.6) is 0 Å². The summed E-state index contributed by atoms with van der Waals surface area (Å²) in [7, 11) is 0. The fourth-order valence-corrected chi connectivity index (χ4v) is 3.20. The van der Waals surface area contributed by atoms with E-state index in [2.05, 4.69) is 10.3 Å². The first-order chi connectivity index (χ1) is 10.0. The summed E-state index contributed by atoms with van der Waals surface area (Å²) in [5.74, 6) is -0.904. The number of hydrogen-bond donors (Lipinski definition) is 2. The van der Waals surface area contributed by atoms with Crippen LogP contribution in [0.2, 0.25) is 0 Å². The van der Waals surface area contributed by atoms with E-state index in [-0.39, 0.29) is 30.2 Å². The van der Waals surface area contributed by atoms with Crippen LogP contribution in [0.15, 0.2) is 24.4 Å². The molecular formula is C16H22N2O3. The zero-order valence-electron chi connectivity index (χ0n) is 12.3. The predicted molar refractivity (Wildman–Crippen MR) is 78.6 cm³/mol. The molecule has 1 unspecified atom stereocenters. The normalized spacial score (nSPS) is 18.1. The molecule has 1 fully saturated rings. The first-order valence-corrected chi connectivity index (χ1v) is 7.43. The summed E-state index contributed by atoms with van der Waals surface area (Å²) in [5, 5.41) is 12.0. The number of carboxylic acid groups (broad SMARTS) is 1. The van der Waals surface area contributed by atoms with E-state index < -0.39 is 5.97 Å². The van der Waals surface area contributed by atoms with Gasteiger partial charge in [-0.25, -0.2) is 0 Å². The van der Waals surface area contributed by atoms with Crippen molar-refractivity contribution in [3.8, 4) is 0 Å². The van der Waals surface area contributed by atoms with E-state index in [1.807, 2.05) is 25.1 Å². The molecule has 21 heavy (non-hydrogen) atoms. The molecular weight excluding hydrogens is 268 g/mol. The maximum absolute atomic E-state index is 12.2. The number of amides is 1. The molecule has 1 atom stereocenters. The van der Waals surface area contributed by atoms with Crippen molar-refractivity contribution in [2.24, 2.45) is 5.41 Å². The minimum absolute atomic E-state index is 0.0817. The molecule has 1 saturated carbocycles. The molecule has 0 spiro atoms. The molecule has 2 rings (SSSR count). The van der Waals surface area contributed by atoms with Crippen molar-refractivity contribution in [3.05, 3.63) is 30.1 Å². The molecule has 5 nitrogen and oxygen atoms in total. The predicted octanol–water partition coefficient (Wildman–Crippen LogP) is 2.68. The fourth-order valence-electron chi connectivity index (χ4n) is 3.20. The summed E-state index contributed by atoms with van der Waals surface area (Å²) < 4.78 is 0. The Morgan fingerprint density at radius 3 is 2.62 bits per heavy atom. The summed E-state index contributed by atoms with van der Waals surface area (Å²) >= 11 is 0. The molecule has 1 aliphatic rings. The summed E-state index contributed by atoms with van der Waals surface area (Å²) in [6.07, 6.45) is 5.73. The molecule has 0 aliphatic heterocycles. The smallest absolute Gasteiger partial charge is 0.303 e. The lowest BCUT2D eigenvalue weighted by atomic mass is 9.79. The first-order valence-electron chi connectivity index (χ1n) is 7.43. The van der Waals surface area contributed by atoms with E-state index in [1.165, 1.54) is 0 Å². The van der Waals surface area contributed by atoms with Crippen LogP contribution in [-0.2, 0) is 9.59 Å². The molecule has 114 valence electrons. The van der Waals surface area contributed by atoms with Crippen molar-refractivity contribution in [3.63, 3.8) is 0 Å². The number of nitrogens with zero attached hydrogens (tertiary/aromatic N) is 1. The average Bonchev–Trinajstić information content (AvgIpc) is 2.86. The zero-order chi connectivity index (χ0) is 15.3. The Labute approximate surface area is 124 Å². The van der Waals surface area contributed by atoms with E-state index in [0.717, 1.165) is 31.4 Å². The first kappa shape index (κ1) is 15.5. The lowest BCUT2D eigenvalue weighted by Gasteiger charge is -2.27. The van der Waals surface area contributed by atoms with Crippen LogP contribution in [0, 0.1) is 5.41 Å². The maximum Gasteiger partial charge on any atom is 0.303 e. The van der Waals surface area contributed by atoms with Gasteiger partial charge in [0.15, 0.2) is 0 Å². The van der Waals surface area contributed by atoms with Gasteiger partial charge in [-0.05, 0) is 37.3 Å². The highest BCUT2D eigenvalue weighted by molar-refractivity contribution is 5.78. The SMILES string of the molecule is CC(NC(=O)CC1(CC(=O)O)CCCC1)c1ccccn1. The van der Waals surface area contributed by atoms with E-state index in [0.29, 0.717) is 0 Å². The summed E-state index contributed by atoms with van der Waals surface area (Å²) in [6, 6.07) is 5.42. The van der Waals surface area contributed by atoms with Gasteiger partial charge in [0, 0.05) is 12.6 Å². The third kappa shape index (κ3) is 4.28. The van der Waals surface area contributed by atoms with Crippen LogP contribution in [0.25, 0.3) is 0 Å². The van der Waals surface area contributed by atoms with Gasteiger partial charge < -0.3 is 10.4 Å². The number of carboxylic acids is 1. The number of aliphatic carboxylic acids is 1. The standard InChI is InChI=1S/C16H22N2O3/c1-12(13-6-2-5-9-17-13)18-14(19)10-16(11-15(20)21)7-3-4-8-16/h2,5-6,9,12H,3-4,7-8,10-11H2,1H3,(H,18,19)(H,20,21). The van der Waals surface area contributed by atoms with Crippen LogP contribution < -0.4 is 5.32 Å². The van der Waals surface area contributed by atoms with E-state index >= 15 is 0 Å². The molecule has 5 heteroatoms. The Balaban J connectivity index is 1.95. The minimum Gasteiger partial charge on any atom is -0.481 e. The van der Waals surface area contributed by atoms with Gasteiger partial charge in [-0.15, -0.1) is 0 Å². The quantitative estimate of drug-likeness (QED) is 0.844. The molecule has 0 aromatic carbocycles. The highest BCUT2D eigenvalue weighted by Crippen LogP contribution is 2.44. The highest BCUT2D eigenvalue weighted by Gasteiger charge is 2.38. The van der Waals surface area contributed by atoms with Crippen molar-refractivity contribution in [2.75, 3.05) is 0 Å². The molecule has 0 bridgehead atoms. The van der Waals surface area contributed by atoms with Crippen molar-refractivity contribution in [1.29, 1.82) is 0 Å². The molecule has 1 aliphatic carbocycles. The Kier molecular flexibility index (Phi) is 4.94. The number of carbonyl (C=O) groups is 2. The lowest BCUT2D eigenvalue weighted by molar-refractivity contribution is -0.140. The Bertz CT molecular complexity index is 496. The Morgan fingerprint density at radius 2 is 2.05 bits per heavy atom. The second kappa shape index (κ2) is 6.70. The monoisotopic (exact) mass is 290 g/mol. The van der Waals surface area contributed by atoms with Gasteiger partial charge in [-0.3, -0.25) is 14.6 Å². The summed E-state index contributed by atoms with van der Waals surface area (Å²) in [4.78, 5) is 27.5. The van der Waals surface area contributed by atoms with Gasteiger partial charge in [-0.1, -0.05) is 18.9 Å². The average molecular weight is 290 g/mol. The zero-order valence-corrected chi connectivity index (χ0v) is 12.3. The Morgan fingerprint density at radius 1 is 1.33 bits per heavy atom. The van der Waals surface area contributed by atoms with Crippen LogP contribution in [0.3, 0.4) is 0 Å². The molecule has 0 saturated heterocycles. The van der Waals surface area contributed by atoms with E-state index in [4.69, 9.17) is 5.11 Å². The van der Waals surface area contributed by atoms with Crippen molar-refractivity contribution < 1.29 is 14.7 Å². The molecule has 1 heterocycles. The van der Waals surface area contributed by atoms with E-state index in [1.54, 1.807) is 6.20 Å². The third-order valence-corrected chi connectivity index (χ3v) is 4.23. The second-order valence-corrected chi connectivity index (χ2v) is 6.00. The number of carbonyl (C=O) groups excluding carboxylic acids is 1. The number of rotatable bonds is 6. The van der Waals surface area contributed by atoms with Crippen LogP contribution in [-0.4, -0.2) is 22.0 Å². The van der Waals surface area contributed by atoms with E-state index in [9.17, 15) is 9.59 Å². The van der Waals surface area contributed by atoms with Gasteiger partial charge in [0.2, 0.25) is 5.91 Å². The molecule has 1 aromatic heterocycles. The fraction of sp³-hybridized carbons (Fsp3) is 0.562. The van der Waals surface area contributed by atoms with Crippen molar-refractivity contribution in [2.45, 2.75) is 51.5 Å². The lowest BCUT2D eigenvalue weighted by Crippen LogP contribution is -2.33. The largest absolute Gasteiger partial charge is 0.481 e. The Hall–Kier alpha value is -1.91. The van der Waals surface area contributed by atoms with Crippen molar-refractivity contribution >= 4 is 11.9 Å². The number of pyridine rings is 1. The van der Waals surface area contributed by atoms with Crippen LogP contribution in [0.1, 0.15) is 57.2 Å². The number of hydrogen-bond acceptors (Lipinski definition) is 3. The molecule has 2 N–H and O–H groups in total. The third-order valence-electron chi connectivity index (χ3n) is 4.23. The van der Waals surface area contributed by atoms with Crippen LogP contribution >= 0.6 is 0 Å². The second-order valence-electron chi connectivity index (χ2n) is 6.00. The number of aromatic nitrogens is 1. The highest BCUT2D eigenvalue weighted by atomic mass is 16.4. The van der Waals surface area contributed by atoms with Crippen molar-refractivity contribution in [1.82, 2.24) is 10.3 Å². The summed E-state index contributed by atoms with van der Waals surface area (Å²) in [6.45, 7) is 1.89. The van der Waals surface area contributed by atoms with Gasteiger partial charge in [0.05, 0.1) is 18.2 Å². The number of nitrogens with one attached hydrogen (secondary N) is 1. The topological polar surface area (TPSA) is 79.3 Å². The van der Waals surface area contributed by atoms with Gasteiger partial charge >= 0.3 is 5.97 Å². The molecule has 1 amide bonds. The van der Waals surface area contributed by atoms with Gasteiger partial charge in [0.25, 0.3) is 0 Å².